The Hall–Kier alpha value is -4.24. The van der Waals surface area contributed by atoms with Crippen molar-refractivity contribution in [1.29, 1.82) is 0 Å². The number of phenols is 1. The first-order chi connectivity index (χ1) is 19.1. The van der Waals surface area contributed by atoms with Gasteiger partial charge in [0.15, 0.2) is 7.28 Å². The highest BCUT2D eigenvalue weighted by Gasteiger charge is 2.25. The highest BCUT2D eigenvalue weighted by atomic mass is 16.3. The van der Waals surface area contributed by atoms with E-state index < -0.39 is 0 Å². The topological polar surface area (TPSA) is 75.3 Å². The van der Waals surface area contributed by atoms with Crippen molar-refractivity contribution in [3.8, 4) is 18.2 Å². The van der Waals surface area contributed by atoms with Crippen molar-refractivity contribution >= 4 is 24.4 Å². The molecule has 3 N–H and O–H groups in total. The molecule has 5 rings (SSSR count). The van der Waals surface area contributed by atoms with Crippen LogP contribution in [0.5, 0.6) is 5.75 Å². The van der Waals surface area contributed by atoms with E-state index in [9.17, 15) is 5.11 Å². The maximum atomic E-state index is 9.42. The Bertz CT molecular complexity index is 1250. The number of aromatic nitrogens is 2. The average molecular weight is 518 g/mol. The second kappa shape index (κ2) is 15.9. The van der Waals surface area contributed by atoms with Crippen molar-refractivity contribution in [3.05, 3.63) is 108 Å². The smallest absolute Gasteiger partial charge is 0.156 e. The third-order valence-electron chi connectivity index (χ3n) is 6.55. The third-order valence-corrected chi connectivity index (χ3v) is 6.55. The number of anilines is 2. The molecule has 1 fully saturated rings. The van der Waals surface area contributed by atoms with Gasteiger partial charge >= 0.3 is 0 Å². The number of rotatable bonds is 7. The van der Waals surface area contributed by atoms with E-state index in [1.165, 1.54) is 30.2 Å². The molecule has 1 aliphatic rings. The fraction of sp³-hybridized carbons (Fsp3) is 0.273. The molecule has 1 heterocycles. The van der Waals surface area contributed by atoms with Crippen molar-refractivity contribution in [2.24, 2.45) is 0 Å². The van der Waals surface area contributed by atoms with Gasteiger partial charge < -0.3 is 10.8 Å². The van der Waals surface area contributed by atoms with Gasteiger partial charge in [0.05, 0.1) is 0 Å². The third kappa shape index (κ3) is 8.93. The van der Waals surface area contributed by atoms with Gasteiger partial charge in [-0.05, 0) is 36.9 Å². The van der Waals surface area contributed by atoms with Gasteiger partial charge in [-0.15, -0.1) is 0 Å². The molecule has 3 aromatic carbocycles. The minimum absolute atomic E-state index is 0.238. The summed E-state index contributed by atoms with van der Waals surface area (Å²) in [4.78, 5) is 10.4. The van der Waals surface area contributed by atoms with Gasteiger partial charge in [-0.1, -0.05) is 117 Å². The first-order valence-corrected chi connectivity index (χ1v) is 13.7. The lowest BCUT2D eigenvalue weighted by Gasteiger charge is -2.26. The second-order valence-electron chi connectivity index (χ2n) is 9.15. The number of nitrogens with zero attached hydrogens (tertiary/aromatic N) is 3. The number of terminal acetylenes is 1. The molecule has 0 spiro atoms. The minimum Gasteiger partial charge on any atom is -0.508 e. The number of phenolic OH excluding ortho intramolecular Hbond substituents is 1. The molecule has 1 aromatic heterocycles. The Labute approximate surface area is 234 Å². The highest BCUT2D eigenvalue weighted by molar-refractivity contribution is 6.52. The molecule has 0 atom stereocenters. The van der Waals surface area contributed by atoms with E-state index in [0.717, 1.165) is 36.1 Å². The number of hydrogen-bond acceptors (Lipinski definition) is 5. The summed E-state index contributed by atoms with van der Waals surface area (Å²) in [5, 5.41) is 9.42. The minimum atomic E-state index is 0.238. The molecule has 1 aliphatic carbocycles. The van der Waals surface area contributed by atoms with Crippen molar-refractivity contribution in [2.45, 2.75) is 58.3 Å². The predicted octanol–water partition coefficient (Wildman–Crippen LogP) is 5.94. The van der Waals surface area contributed by atoms with E-state index in [2.05, 4.69) is 71.8 Å². The van der Waals surface area contributed by atoms with Gasteiger partial charge in [-0.2, -0.15) is 0 Å². The zero-order valence-electron chi connectivity index (χ0n) is 23.0. The summed E-state index contributed by atoms with van der Waals surface area (Å²) in [6.45, 7) is 4.00. The molecule has 39 heavy (non-hydrogen) atoms. The number of aromatic hydroxyl groups is 1. The maximum Gasteiger partial charge on any atom is 0.156 e. The van der Waals surface area contributed by atoms with Gasteiger partial charge in [0, 0.05) is 24.1 Å². The molecule has 1 saturated carbocycles. The number of hydrogen-bond donors (Lipinski definition) is 2. The van der Waals surface area contributed by atoms with Gasteiger partial charge in [0.2, 0.25) is 0 Å². The molecule has 0 amide bonds. The molecule has 6 heteroatoms. The Morgan fingerprint density at radius 1 is 0.897 bits per heavy atom. The summed E-state index contributed by atoms with van der Waals surface area (Å²) in [6.07, 6.45) is 13.3. The van der Waals surface area contributed by atoms with E-state index >= 15 is 0 Å². The molecule has 0 unspecified atom stereocenters. The van der Waals surface area contributed by atoms with Crippen LogP contribution in [0.15, 0.2) is 91.3 Å². The van der Waals surface area contributed by atoms with E-state index in [1.54, 1.807) is 12.1 Å². The van der Waals surface area contributed by atoms with E-state index in [4.69, 9.17) is 12.2 Å². The highest BCUT2D eigenvalue weighted by Crippen LogP contribution is 2.31. The first kappa shape index (κ1) is 29.3. The van der Waals surface area contributed by atoms with Crippen LogP contribution in [-0.4, -0.2) is 28.4 Å². The quantitative estimate of drug-likeness (QED) is 0.180. The van der Waals surface area contributed by atoms with Crippen LogP contribution >= 0.6 is 0 Å². The Balaban J connectivity index is 0.000000224. The lowest BCUT2D eigenvalue weighted by Crippen LogP contribution is -2.30. The van der Waals surface area contributed by atoms with E-state index in [1.807, 2.05) is 43.0 Å². The van der Waals surface area contributed by atoms with Gasteiger partial charge in [0.1, 0.15) is 23.7 Å². The monoisotopic (exact) mass is 517 g/mol. The van der Waals surface area contributed by atoms with Crippen LogP contribution in [0.2, 0.25) is 0 Å². The first-order valence-electron chi connectivity index (χ1n) is 13.7. The van der Waals surface area contributed by atoms with Crippen molar-refractivity contribution in [1.82, 2.24) is 9.97 Å². The zero-order chi connectivity index (χ0) is 27.9. The summed E-state index contributed by atoms with van der Waals surface area (Å²) in [6, 6.07) is 31.1. The van der Waals surface area contributed by atoms with Crippen LogP contribution in [0.1, 0.15) is 56.2 Å². The van der Waals surface area contributed by atoms with Gasteiger partial charge in [0.25, 0.3) is 0 Å². The number of nitrogen functional groups attached to an aromatic ring is 1. The van der Waals surface area contributed by atoms with Crippen molar-refractivity contribution in [2.75, 3.05) is 10.6 Å². The Morgan fingerprint density at radius 2 is 1.51 bits per heavy atom. The van der Waals surface area contributed by atoms with Crippen LogP contribution in [-0.2, 0) is 12.7 Å². The summed E-state index contributed by atoms with van der Waals surface area (Å²) in [5.41, 5.74) is 10.6. The summed E-state index contributed by atoms with van der Waals surface area (Å²) in [5.74, 6) is 1.41. The molecule has 199 valence electrons. The summed E-state index contributed by atoms with van der Waals surface area (Å²) in [7, 11) is 2.25. The molecule has 0 aliphatic heterocycles. The van der Waals surface area contributed by atoms with Gasteiger partial charge in [-0.25, -0.2) is 9.97 Å². The fourth-order valence-corrected chi connectivity index (χ4v) is 4.55. The average Bonchev–Trinajstić information content (AvgIpc) is 3.52. The molecule has 1 radical (unpaired) electrons. The van der Waals surface area contributed by atoms with Crippen LogP contribution in [0.3, 0.4) is 0 Å². The van der Waals surface area contributed by atoms with E-state index in [-0.39, 0.29) is 5.75 Å². The molecular formula is C33H38BN4O. The van der Waals surface area contributed by atoms with Crippen LogP contribution < -0.4 is 16.1 Å². The van der Waals surface area contributed by atoms with Gasteiger partial charge in [-0.3, -0.25) is 4.90 Å². The van der Waals surface area contributed by atoms with Crippen molar-refractivity contribution in [3.63, 3.8) is 0 Å². The zero-order valence-corrected chi connectivity index (χ0v) is 23.0. The second-order valence-corrected chi connectivity index (χ2v) is 9.15. The lowest BCUT2D eigenvalue weighted by molar-refractivity contribution is 0.475. The Kier molecular flexibility index (Phi) is 11.9. The fourth-order valence-electron chi connectivity index (χ4n) is 4.55. The SMILES string of the molecule is C#CN(c1ncnc(N)c1Cc1ccc(O)cc1)C1CCCC1.CC.[B](Cc1ccccc1)c1ccccc1. The summed E-state index contributed by atoms with van der Waals surface area (Å²) >= 11 is 0. The number of benzene rings is 3. The van der Waals surface area contributed by atoms with Crippen LogP contribution in [0.25, 0.3) is 0 Å². The van der Waals surface area contributed by atoms with E-state index in [0.29, 0.717) is 18.3 Å². The summed E-state index contributed by atoms with van der Waals surface area (Å²) < 4.78 is 0. The van der Waals surface area contributed by atoms with Crippen LogP contribution in [0, 0.1) is 12.5 Å². The normalized spacial score (nSPS) is 12.2. The molecule has 0 saturated heterocycles. The van der Waals surface area contributed by atoms with Crippen molar-refractivity contribution < 1.29 is 5.11 Å². The largest absolute Gasteiger partial charge is 0.508 e. The lowest BCUT2D eigenvalue weighted by atomic mass is 9.65. The molecule has 4 aromatic rings. The predicted molar refractivity (Wildman–Crippen MR) is 164 cm³/mol. The maximum absolute atomic E-state index is 9.42. The number of nitrogens with two attached hydrogens (primary N) is 1. The molecular weight excluding hydrogens is 479 g/mol. The Morgan fingerprint density at radius 3 is 2.13 bits per heavy atom. The molecule has 5 nitrogen and oxygen atoms in total. The van der Waals surface area contributed by atoms with Crippen LogP contribution in [0.4, 0.5) is 11.6 Å². The standard InChI is InChI=1S/C18H20N4O.C13H12B.C2H6/c1-2-22(14-5-3-4-6-14)18-16(17(19)20-12-21-18)11-13-7-9-15(23)10-8-13;1-3-7-12(8-4-1)11-14-13-9-5-2-6-10-13;1-2/h1,7-10,12,14,23H,3-6,11H2,(H2,19,20,21);1-10H,11H2;1-2H3. The molecule has 0 bridgehead atoms.